The largest absolute Gasteiger partial charge is 0.507 e. The average molecular weight is 394 g/mol. The zero-order valence-corrected chi connectivity index (χ0v) is 12.2. The van der Waals surface area contributed by atoms with Gasteiger partial charge in [-0.25, -0.2) is 26.7 Å². The first kappa shape index (κ1) is 18.3. The van der Waals surface area contributed by atoms with Crippen molar-refractivity contribution >= 4 is 52.6 Å². The highest BCUT2D eigenvalue weighted by atomic mass is 35.6. The molecule has 1 rings (SSSR count). The van der Waals surface area contributed by atoms with Crippen molar-refractivity contribution in [2.24, 2.45) is 0 Å². The van der Waals surface area contributed by atoms with Gasteiger partial charge in [0.15, 0.2) is 23.3 Å². The van der Waals surface area contributed by atoms with Gasteiger partial charge in [-0.1, -0.05) is 46.4 Å². The van der Waals surface area contributed by atoms with Gasteiger partial charge in [-0.2, -0.15) is 0 Å². The van der Waals surface area contributed by atoms with Crippen LogP contribution in [0.15, 0.2) is 0 Å². The highest BCUT2D eigenvalue weighted by Crippen LogP contribution is 2.52. The molecule has 0 radical (unpaired) electrons. The van der Waals surface area contributed by atoms with Gasteiger partial charge in [0.2, 0.25) is 9.61 Å². The molecular formula is C9HCl4F5O3. The first-order chi connectivity index (χ1) is 9.34. The van der Waals surface area contributed by atoms with Crippen LogP contribution in [0.5, 0.6) is 0 Å². The van der Waals surface area contributed by atoms with E-state index in [1.54, 1.807) is 0 Å². The smallest absolute Gasteiger partial charge is 0.450 e. The fourth-order valence-electron chi connectivity index (χ4n) is 1.26. The molecule has 0 fully saturated rings. The number of carboxylic acid groups (broad SMARTS) is 1. The maximum atomic E-state index is 13.6. The zero-order chi connectivity index (χ0) is 16.7. The van der Waals surface area contributed by atoms with Crippen LogP contribution in [0, 0.1) is 29.1 Å². The Kier molecular flexibility index (Phi) is 5.09. The summed E-state index contributed by atoms with van der Waals surface area (Å²) in [6.07, 6.45) is -2.29. The van der Waals surface area contributed by atoms with E-state index in [1.807, 2.05) is 0 Å². The monoisotopic (exact) mass is 392 g/mol. The SMILES string of the molecule is O=C(O)OC(Cl)(c1c(F)c(F)c(F)c(F)c1F)C(Cl)(Cl)Cl. The van der Waals surface area contributed by atoms with Gasteiger partial charge >= 0.3 is 6.16 Å². The Bertz CT molecular complexity index is 577. The molecule has 12 heteroatoms. The molecule has 0 saturated carbocycles. The fourth-order valence-corrected chi connectivity index (χ4v) is 1.89. The molecule has 0 saturated heterocycles. The minimum atomic E-state index is -3.52. The number of halogens is 9. The van der Waals surface area contributed by atoms with Crippen molar-refractivity contribution in [1.29, 1.82) is 0 Å². The summed E-state index contributed by atoms with van der Waals surface area (Å²) in [7, 11) is 0. The minimum Gasteiger partial charge on any atom is -0.450 e. The number of alkyl halides is 4. The molecule has 0 heterocycles. The predicted octanol–water partition coefficient (Wildman–Crippen LogP) is 4.84. The van der Waals surface area contributed by atoms with Crippen molar-refractivity contribution in [2.45, 2.75) is 8.85 Å². The van der Waals surface area contributed by atoms with Gasteiger partial charge in [-0.15, -0.1) is 0 Å². The fraction of sp³-hybridized carbons (Fsp3) is 0.222. The van der Waals surface area contributed by atoms with Crippen LogP contribution in [0.3, 0.4) is 0 Å². The summed E-state index contributed by atoms with van der Waals surface area (Å²) < 4.78 is 67.1. The van der Waals surface area contributed by atoms with Gasteiger partial charge in [0, 0.05) is 0 Å². The number of ether oxygens (including phenoxy) is 1. The molecule has 3 nitrogen and oxygen atoms in total. The second kappa shape index (κ2) is 5.83. The molecule has 0 aliphatic carbocycles. The van der Waals surface area contributed by atoms with Crippen molar-refractivity contribution < 1.29 is 36.6 Å². The van der Waals surface area contributed by atoms with Crippen LogP contribution in [0.25, 0.3) is 0 Å². The van der Waals surface area contributed by atoms with E-state index in [0.717, 1.165) is 0 Å². The van der Waals surface area contributed by atoms with E-state index in [0.29, 0.717) is 0 Å². The summed E-state index contributed by atoms with van der Waals surface area (Å²) in [4.78, 5) is 10.5. The molecule has 118 valence electrons. The molecule has 1 N–H and O–H groups in total. The predicted molar refractivity (Wildman–Crippen MR) is 63.2 cm³/mol. The third-order valence-corrected chi connectivity index (χ3v) is 3.76. The quantitative estimate of drug-likeness (QED) is 0.257. The van der Waals surface area contributed by atoms with E-state index >= 15 is 0 Å². The van der Waals surface area contributed by atoms with E-state index in [1.165, 1.54) is 0 Å². The Morgan fingerprint density at radius 3 is 1.48 bits per heavy atom. The normalized spacial score (nSPS) is 14.7. The average Bonchev–Trinajstić information content (AvgIpc) is 2.32. The lowest BCUT2D eigenvalue weighted by Crippen LogP contribution is -2.41. The van der Waals surface area contributed by atoms with Crippen LogP contribution < -0.4 is 0 Å². The highest BCUT2D eigenvalue weighted by molar-refractivity contribution is 6.70. The maximum absolute atomic E-state index is 13.6. The Morgan fingerprint density at radius 1 is 0.857 bits per heavy atom. The topological polar surface area (TPSA) is 46.5 Å². The molecule has 0 aliphatic rings. The number of hydrogen-bond donors (Lipinski definition) is 1. The second-order valence-electron chi connectivity index (χ2n) is 3.41. The molecule has 21 heavy (non-hydrogen) atoms. The number of carbonyl (C=O) groups is 1. The van der Waals surface area contributed by atoms with Crippen molar-refractivity contribution in [3.8, 4) is 0 Å². The Morgan fingerprint density at radius 2 is 1.19 bits per heavy atom. The van der Waals surface area contributed by atoms with Gasteiger partial charge in [0.25, 0.3) is 5.06 Å². The summed E-state index contributed by atoms with van der Waals surface area (Å²) in [6.45, 7) is 0. The van der Waals surface area contributed by atoms with E-state index in [9.17, 15) is 26.7 Å². The van der Waals surface area contributed by atoms with Crippen LogP contribution in [-0.4, -0.2) is 15.1 Å². The third-order valence-electron chi connectivity index (χ3n) is 2.12. The van der Waals surface area contributed by atoms with Crippen molar-refractivity contribution in [2.75, 3.05) is 0 Å². The molecule has 1 aromatic carbocycles. The lowest BCUT2D eigenvalue weighted by atomic mass is 10.1. The Hall–Kier alpha value is -0.700. The molecule has 1 atom stereocenters. The molecule has 0 aliphatic heterocycles. The highest BCUT2D eigenvalue weighted by Gasteiger charge is 2.57. The van der Waals surface area contributed by atoms with Gasteiger partial charge in [0.1, 0.15) is 0 Å². The summed E-state index contributed by atoms with van der Waals surface area (Å²) in [5.74, 6) is -12.4. The zero-order valence-electron chi connectivity index (χ0n) is 9.17. The minimum absolute atomic E-state index is 1.96. The maximum Gasteiger partial charge on any atom is 0.507 e. The van der Waals surface area contributed by atoms with Crippen LogP contribution >= 0.6 is 46.4 Å². The Balaban J connectivity index is 3.80. The van der Waals surface area contributed by atoms with Crippen molar-refractivity contribution in [3.05, 3.63) is 34.6 Å². The molecule has 0 amide bonds. The molecule has 0 bridgehead atoms. The van der Waals surface area contributed by atoms with Crippen LogP contribution in [-0.2, 0) is 9.80 Å². The van der Waals surface area contributed by atoms with E-state index in [2.05, 4.69) is 4.74 Å². The molecule has 0 aromatic heterocycles. The van der Waals surface area contributed by atoms with Gasteiger partial charge in [-0.05, 0) is 0 Å². The first-order valence-corrected chi connectivity index (χ1v) is 6.05. The summed E-state index contributed by atoms with van der Waals surface area (Å²) in [6, 6.07) is 0. The Labute approximate surface area is 133 Å². The molecule has 1 unspecified atom stereocenters. The van der Waals surface area contributed by atoms with Gasteiger partial charge in [0.05, 0.1) is 5.56 Å². The molecule has 1 aromatic rings. The summed E-state index contributed by atoms with van der Waals surface area (Å²) in [5.41, 5.74) is -1.96. The third kappa shape index (κ3) is 3.08. The lowest BCUT2D eigenvalue weighted by molar-refractivity contribution is 0.0254. The molecule has 0 spiro atoms. The van der Waals surface area contributed by atoms with Crippen LogP contribution in [0.2, 0.25) is 0 Å². The van der Waals surface area contributed by atoms with Crippen molar-refractivity contribution in [1.82, 2.24) is 0 Å². The number of benzene rings is 1. The molecular weight excluding hydrogens is 393 g/mol. The summed E-state index contributed by atoms with van der Waals surface area (Å²) >= 11 is 21.1. The van der Waals surface area contributed by atoms with Crippen molar-refractivity contribution in [3.63, 3.8) is 0 Å². The van der Waals surface area contributed by atoms with Gasteiger partial charge < -0.3 is 9.84 Å². The van der Waals surface area contributed by atoms with Gasteiger partial charge in [-0.3, -0.25) is 0 Å². The second-order valence-corrected chi connectivity index (χ2v) is 6.22. The summed E-state index contributed by atoms with van der Waals surface area (Å²) in [5, 5.41) is 4.94. The number of rotatable bonds is 2. The number of hydrogen-bond acceptors (Lipinski definition) is 2. The first-order valence-electron chi connectivity index (χ1n) is 4.54. The van der Waals surface area contributed by atoms with E-state index in [-0.39, 0.29) is 0 Å². The van der Waals surface area contributed by atoms with Crippen LogP contribution in [0.4, 0.5) is 26.7 Å². The standard InChI is InChI=1S/C9HCl4F5O3/c10-8(9(11,12)13,21-7(19)20)1-2(14)4(16)6(18)5(17)3(1)15/h(H,19,20). The van der Waals surface area contributed by atoms with E-state index in [4.69, 9.17) is 51.5 Å². The van der Waals surface area contributed by atoms with E-state index < -0.39 is 49.7 Å². The van der Waals surface area contributed by atoms with Crippen LogP contribution in [0.1, 0.15) is 5.56 Å². The lowest BCUT2D eigenvalue weighted by Gasteiger charge is -2.32.